The standard InChI is InChI=1S/C21H21ClFNO3/c1-12-9-13(2)20(14(3)10-12)24-21(26)15(4)27-19(25)8-6-16-5-7-18(23)17(22)11-16/h5-11,15H,1-4H3,(H,24,26)/b8-6+/t15-/m0/s1. The van der Waals surface area contributed by atoms with Crippen LogP contribution in [-0.4, -0.2) is 18.0 Å². The summed E-state index contributed by atoms with van der Waals surface area (Å²) >= 11 is 5.69. The van der Waals surface area contributed by atoms with Gasteiger partial charge in [0.15, 0.2) is 6.10 Å². The SMILES string of the molecule is Cc1cc(C)c(NC(=O)[C@H](C)OC(=O)/C=C/c2ccc(F)c(Cl)c2)c(C)c1. The van der Waals surface area contributed by atoms with Gasteiger partial charge in [0.2, 0.25) is 0 Å². The van der Waals surface area contributed by atoms with Gasteiger partial charge in [0.05, 0.1) is 5.02 Å². The molecule has 0 saturated heterocycles. The summed E-state index contributed by atoms with van der Waals surface area (Å²) in [6.45, 7) is 7.29. The largest absolute Gasteiger partial charge is 0.449 e. The molecule has 2 aromatic rings. The zero-order valence-electron chi connectivity index (χ0n) is 15.6. The molecule has 0 bridgehead atoms. The van der Waals surface area contributed by atoms with Crippen LogP contribution in [0.2, 0.25) is 5.02 Å². The molecule has 0 fully saturated rings. The maximum atomic E-state index is 13.1. The number of anilines is 1. The van der Waals surface area contributed by atoms with E-state index in [4.69, 9.17) is 16.3 Å². The lowest BCUT2D eigenvalue weighted by Crippen LogP contribution is -2.30. The highest BCUT2D eigenvalue weighted by Crippen LogP contribution is 2.22. The Balaban J connectivity index is 1.98. The number of hydrogen-bond donors (Lipinski definition) is 1. The van der Waals surface area contributed by atoms with E-state index in [1.165, 1.54) is 31.2 Å². The molecule has 6 heteroatoms. The Morgan fingerprint density at radius 1 is 1.15 bits per heavy atom. The number of esters is 1. The van der Waals surface area contributed by atoms with Crippen molar-refractivity contribution >= 4 is 35.2 Å². The Morgan fingerprint density at radius 2 is 1.78 bits per heavy atom. The van der Waals surface area contributed by atoms with Gasteiger partial charge in [0.25, 0.3) is 5.91 Å². The first-order chi connectivity index (χ1) is 12.7. The molecule has 0 heterocycles. The highest BCUT2D eigenvalue weighted by molar-refractivity contribution is 6.30. The molecule has 2 aromatic carbocycles. The fourth-order valence-corrected chi connectivity index (χ4v) is 2.84. The average Bonchev–Trinajstić information content (AvgIpc) is 2.58. The van der Waals surface area contributed by atoms with Crippen LogP contribution in [0.1, 0.15) is 29.2 Å². The van der Waals surface area contributed by atoms with Crippen LogP contribution in [0.5, 0.6) is 0 Å². The van der Waals surface area contributed by atoms with E-state index in [2.05, 4.69) is 5.32 Å². The lowest BCUT2D eigenvalue weighted by molar-refractivity contribution is -0.148. The van der Waals surface area contributed by atoms with E-state index in [9.17, 15) is 14.0 Å². The molecule has 2 rings (SSSR count). The minimum atomic E-state index is -0.973. The summed E-state index contributed by atoms with van der Waals surface area (Å²) in [5, 5.41) is 2.76. The van der Waals surface area contributed by atoms with Gasteiger partial charge in [-0.05, 0) is 62.6 Å². The second-order valence-electron chi connectivity index (χ2n) is 6.35. The molecule has 0 saturated carbocycles. The van der Waals surface area contributed by atoms with Gasteiger partial charge in [-0.25, -0.2) is 9.18 Å². The van der Waals surface area contributed by atoms with E-state index in [1.54, 1.807) is 0 Å². The lowest BCUT2D eigenvalue weighted by atomic mass is 10.0. The van der Waals surface area contributed by atoms with Gasteiger partial charge in [-0.15, -0.1) is 0 Å². The van der Waals surface area contributed by atoms with Crippen molar-refractivity contribution in [2.24, 2.45) is 0 Å². The second kappa shape index (κ2) is 8.82. The molecule has 0 aliphatic carbocycles. The van der Waals surface area contributed by atoms with E-state index in [0.29, 0.717) is 11.3 Å². The molecule has 1 N–H and O–H groups in total. The van der Waals surface area contributed by atoms with Crippen molar-refractivity contribution < 1.29 is 18.7 Å². The summed E-state index contributed by atoms with van der Waals surface area (Å²) < 4.78 is 18.2. The number of carbonyl (C=O) groups is 2. The monoisotopic (exact) mass is 389 g/mol. The zero-order chi connectivity index (χ0) is 20.1. The third kappa shape index (κ3) is 5.66. The summed E-state index contributed by atoms with van der Waals surface area (Å²) in [5.41, 5.74) is 4.24. The van der Waals surface area contributed by atoms with Crippen molar-refractivity contribution in [3.8, 4) is 0 Å². The highest BCUT2D eigenvalue weighted by atomic mass is 35.5. The molecule has 0 aromatic heterocycles. The minimum Gasteiger partial charge on any atom is -0.449 e. The van der Waals surface area contributed by atoms with Crippen LogP contribution in [0.3, 0.4) is 0 Å². The van der Waals surface area contributed by atoms with Crippen LogP contribution in [0.15, 0.2) is 36.4 Å². The van der Waals surface area contributed by atoms with Gasteiger partial charge in [-0.3, -0.25) is 4.79 Å². The highest BCUT2D eigenvalue weighted by Gasteiger charge is 2.18. The number of rotatable bonds is 5. The summed E-state index contributed by atoms with van der Waals surface area (Å²) in [4.78, 5) is 24.2. The quantitative estimate of drug-likeness (QED) is 0.579. The summed E-state index contributed by atoms with van der Waals surface area (Å²) in [6, 6.07) is 8.01. The summed E-state index contributed by atoms with van der Waals surface area (Å²) in [7, 11) is 0. The first kappa shape index (κ1) is 20.6. The van der Waals surface area contributed by atoms with Gasteiger partial charge in [0, 0.05) is 11.8 Å². The second-order valence-corrected chi connectivity index (χ2v) is 6.76. The summed E-state index contributed by atoms with van der Waals surface area (Å²) in [6.07, 6.45) is 1.63. The molecule has 0 spiro atoms. The molecule has 0 aliphatic rings. The number of nitrogens with one attached hydrogen (secondary N) is 1. The van der Waals surface area contributed by atoms with Crippen LogP contribution >= 0.6 is 11.6 Å². The molecule has 0 radical (unpaired) electrons. The molecule has 1 atom stereocenters. The van der Waals surface area contributed by atoms with Gasteiger partial charge in [-0.1, -0.05) is 35.4 Å². The first-order valence-electron chi connectivity index (χ1n) is 8.40. The molecule has 1 amide bonds. The van der Waals surface area contributed by atoms with Crippen molar-refractivity contribution in [3.05, 3.63) is 69.5 Å². The van der Waals surface area contributed by atoms with Gasteiger partial charge in [0.1, 0.15) is 5.82 Å². The minimum absolute atomic E-state index is 0.0397. The van der Waals surface area contributed by atoms with Crippen LogP contribution in [0.25, 0.3) is 6.08 Å². The maximum Gasteiger partial charge on any atom is 0.331 e. The Morgan fingerprint density at radius 3 is 2.37 bits per heavy atom. The normalized spacial score (nSPS) is 12.1. The van der Waals surface area contributed by atoms with Crippen molar-refractivity contribution in [2.75, 3.05) is 5.32 Å². The van der Waals surface area contributed by atoms with Gasteiger partial charge >= 0.3 is 5.97 Å². The number of carbonyl (C=O) groups excluding carboxylic acids is 2. The topological polar surface area (TPSA) is 55.4 Å². The fraction of sp³-hybridized carbons (Fsp3) is 0.238. The Labute approximate surface area is 163 Å². The van der Waals surface area contributed by atoms with Crippen LogP contribution in [0.4, 0.5) is 10.1 Å². The van der Waals surface area contributed by atoms with E-state index < -0.39 is 23.8 Å². The Kier molecular flexibility index (Phi) is 6.75. The van der Waals surface area contributed by atoms with E-state index in [0.717, 1.165) is 22.8 Å². The molecule has 0 unspecified atom stereocenters. The maximum absolute atomic E-state index is 13.1. The predicted molar refractivity (Wildman–Crippen MR) is 105 cm³/mol. The predicted octanol–water partition coefficient (Wildman–Crippen LogP) is 4.99. The summed E-state index contributed by atoms with van der Waals surface area (Å²) in [5.74, 6) is -1.64. The van der Waals surface area contributed by atoms with Crippen molar-refractivity contribution in [3.63, 3.8) is 0 Å². The van der Waals surface area contributed by atoms with Crippen LogP contribution in [-0.2, 0) is 14.3 Å². The van der Waals surface area contributed by atoms with E-state index in [-0.39, 0.29) is 5.02 Å². The van der Waals surface area contributed by atoms with E-state index >= 15 is 0 Å². The molecule has 4 nitrogen and oxygen atoms in total. The van der Waals surface area contributed by atoms with E-state index in [1.807, 2.05) is 32.9 Å². The first-order valence-corrected chi connectivity index (χ1v) is 8.77. The molecule has 0 aliphatic heterocycles. The fourth-order valence-electron chi connectivity index (χ4n) is 2.65. The molecule has 142 valence electrons. The van der Waals surface area contributed by atoms with Gasteiger partial charge < -0.3 is 10.1 Å². The number of hydrogen-bond acceptors (Lipinski definition) is 3. The average molecular weight is 390 g/mol. The van der Waals surface area contributed by atoms with Crippen LogP contribution in [0, 0.1) is 26.6 Å². The number of halogens is 2. The number of aryl methyl sites for hydroxylation is 3. The van der Waals surface area contributed by atoms with Crippen molar-refractivity contribution in [1.29, 1.82) is 0 Å². The third-order valence-electron chi connectivity index (χ3n) is 3.94. The Hall–Kier alpha value is -2.66. The Bertz CT molecular complexity index is 885. The van der Waals surface area contributed by atoms with Crippen LogP contribution < -0.4 is 5.32 Å². The number of benzene rings is 2. The van der Waals surface area contributed by atoms with Crippen molar-refractivity contribution in [2.45, 2.75) is 33.8 Å². The lowest BCUT2D eigenvalue weighted by Gasteiger charge is -2.16. The third-order valence-corrected chi connectivity index (χ3v) is 4.23. The smallest absolute Gasteiger partial charge is 0.331 e. The number of amides is 1. The molecular weight excluding hydrogens is 369 g/mol. The van der Waals surface area contributed by atoms with Crippen molar-refractivity contribution in [1.82, 2.24) is 0 Å². The zero-order valence-corrected chi connectivity index (χ0v) is 16.4. The molecule has 27 heavy (non-hydrogen) atoms. The van der Waals surface area contributed by atoms with Gasteiger partial charge in [-0.2, -0.15) is 0 Å². The number of ether oxygens (including phenoxy) is 1. The molecular formula is C21H21ClFNO3.